The SMILES string of the molecule is COc1ccc2cc1CCCCc1nnc(o1)N[C@@H](C(C)(C)C)C(=O)N1C[C@@H](C[C@H]1C(=O)N[C@]1(C(=O)NS(=O)(=O)C3CC3)C[C@H]1C(F)F)n1nnc-2n1. The van der Waals surface area contributed by atoms with Gasteiger partial charge in [0, 0.05) is 24.9 Å². The summed E-state index contributed by atoms with van der Waals surface area (Å²) < 4.78 is 66.8. The summed E-state index contributed by atoms with van der Waals surface area (Å²) >= 11 is 0. The van der Waals surface area contributed by atoms with Crippen molar-refractivity contribution in [1.82, 2.24) is 45.3 Å². The molecule has 3 N–H and O–H groups in total. The van der Waals surface area contributed by atoms with Crippen LogP contribution in [0.3, 0.4) is 0 Å². The van der Waals surface area contributed by atoms with E-state index in [2.05, 4.69) is 36.2 Å². The molecule has 3 aromatic rings. The Kier molecular flexibility index (Phi) is 9.38. The molecule has 1 aromatic carbocycles. The fourth-order valence-electron chi connectivity index (χ4n) is 7.06. The number of amides is 3. The van der Waals surface area contributed by atoms with Crippen LogP contribution in [0.15, 0.2) is 22.6 Å². The van der Waals surface area contributed by atoms with Crippen LogP contribution in [0.25, 0.3) is 11.4 Å². The molecule has 0 radical (unpaired) electrons. The molecule has 0 unspecified atom stereocenters. The Hall–Kier alpha value is -4.75. The molecule has 2 aliphatic carbocycles. The van der Waals surface area contributed by atoms with Crippen molar-refractivity contribution in [3.05, 3.63) is 29.7 Å². The van der Waals surface area contributed by atoms with Crippen molar-refractivity contribution in [1.29, 1.82) is 0 Å². The van der Waals surface area contributed by atoms with E-state index in [1.807, 2.05) is 37.6 Å². The molecule has 53 heavy (non-hydrogen) atoms. The molecule has 5 atom stereocenters. The number of alkyl halides is 2. The van der Waals surface area contributed by atoms with E-state index >= 15 is 0 Å². The topological polar surface area (TPSA) is 216 Å². The third-order valence-corrected chi connectivity index (χ3v) is 12.2. The van der Waals surface area contributed by atoms with Gasteiger partial charge in [0.25, 0.3) is 5.91 Å². The second-order valence-corrected chi connectivity index (χ2v) is 17.2. The van der Waals surface area contributed by atoms with Gasteiger partial charge < -0.3 is 24.7 Å². The van der Waals surface area contributed by atoms with Crippen molar-refractivity contribution in [2.45, 2.75) is 107 Å². The number of hydrogen-bond donors (Lipinski definition) is 3. The van der Waals surface area contributed by atoms with Gasteiger partial charge in [-0.05, 0) is 72.9 Å². The lowest BCUT2D eigenvalue weighted by atomic mass is 9.85. The first-order valence-electron chi connectivity index (χ1n) is 17.6. The van der Waals surface area contributed by atoms with Gasteiger partial charge in [-0.25, -0.2) is 17.2 Å². The van der Waals surface area contributed by atoms with E-state index in [4.69, 9.17) is 9.15 Å². The number of hydrogen-bond acceptors (Lipinski definition) is 13. The summed E-state index contributed by atoms with van der Waals surface area (Å²) in [6, 6.07) is 2.53. The number of benzene rings is 1. The maximum absolute atomic E-state index is 14.6. The van der Waals surface area contributed by atoms with Gasteiger partial charge in [0.1, 0.15) is 23.4 Å². The molecular formula is C33H42F2N10O7S. The molecule has 2 aromatic heterocycles. The molecule has 8 bridgehead atoms. The van der Waals surface area contributed by atoms with Crippen LogP contribution in [0.1, 0.15) is 76.8 Å². The lowest BCUT2D eigenvalue weighted by molar-refractivity contribution is -0.141. The Morgan fingerprint density at radius 2 is 1.89 bits per heavy atom. The number of sulfonamides is 1. The van der Waals surface area contributed by atoms with Crippen LogP contribution in [0.2, 0.25) is 0 Å². The normalized spacial score (nSPS) is 26.2. The third-order valence-electron chi connectivity index (χ3n) is 10.4. The van der Waals surface area contributed by atoms with E-state index in [0.29, 0.717) is 48.7 Å². The number of anilines is 1. The second-order valence-electron chi connectivity index (χ2n) is 15.3. The molecule has 1 saturated heterocycles. The molecule has 20 heteroatoms. The monoisotopic (exact) mass is 760 g/mol. The van der Waals surface area contributed by atoms with Crippen LogP contribution < -0.4 is 20.1 Å². The number of fused-ring (bicyclic) bond motifs is 10. The molecule has 2 saturated carbocycles. The molecule has 7 rings (SSSR count). The van der Waals surface area contributed by atoms with Crippen molar-refractivity contribution in [3.63, 3.8) is 0 Å². The number of carbonyl (C=O) groups excluding carboxylic acids is 3. The highest BCUT2D eigenvalue weighted by molar-refractivity contribution is 7.91. The average molecular weight is 761 g/mol. The zero-order valence-corrected chi connectivity index (χ0v) is 30.5. The highest BCUT2D eigenvalue weighted by atomic mass is 32.2. The Bertz CT molecular complexity index is 2010. The van der Waals surface area contributed by atoms with Crippen molar-refractivity contribution >= 4 is 33.8 Å². The maximum Gasteiger partial charge on any atom is 0.316 e. The smallest absolute Gasteiger partial charge is 0.316 e. The number of nitrogens with zero attached hydrogens (tertiary/aromatic N) is 7. The number of methoxy groups -OCH3 is 1. The number of tetrazole rings is 1. The fraction of sp³-hybridized carbons (Fsp3) is 0.636. The number of carbonyl (C=O) groups is 3. The van der Waals surface area contributed by atoms with Crippen LogP contribution in [-0.4, -0.2) is 104 Å². The van der Waals surface area contributed by atoms with Crippen molar-refractivity contribution < 1.29 is 40.7 Å². The van der Waals surface area contributed by atoms with Gasteiger partial charge in [-0.15, -0.1) is 15.3 Å². The second kappa shape index (κ2) is 13.6. The summed E-state index contributed by atoms with van der Waals surface area (Å²) in [7, 11) is -2.52. The average Bonchev–Trinajstić information content (AvgIpc) is 3.91. The largest absolute Gasteiger partial charge is 0.496 e. The quantitative estimate of drug-likeness (QED) is 0.315. The van der Waals surface area contributed by atoms with E-state index in [0.717, 1.165) is 18.4 Å². The minimum absolute atomic E-state index is 0.00477. The summed E-state index contributed by atoms with van der Waals surface area (Å²) in [6.45, 7) is 5.34. The molecule has 0 spiro atoms. The Balaban J connectivity index is 1.24. The van der Waals surface area contributed by atoms with Crippen LogP contribution in [0.5, 0.6) is 5.75 Å². The van der Waals surface area contributed by atoms with E-state index in [-0.39, 0.29) is 19.0 Å². The first-order chi connectivity index (χ1) is 25.1. The van der Waals surface area contributed by atoms with Crippen LogP contribution in [0.4, 0.5) is 14.8 Å². The van der Waals surface area contributed by atoms with Gasteiger partial charge in [0.15, 0.2) is 0 Å². The molecule has 3 fully saturated rings. The van der Waals surface area contributed by atoms with Gasteiger partial charge in [-0.3, -0.25) is 19.1 Å². The zero-order valence-electron chi connectivity index (χ0n) is 29.7. The van der Waals surface area contributed by atoms with E-state index in [9.17, 15) is 31.6 Å². The van der Waals surface area contributed by atoms with Gasteiger partial charge in [-0.2, -0.15) is 4.80 Å². The number of aryl methyl sites for hydroxylation is 2. The van der Waals surface area contributed by atoms with Gasteiger partial charge in [-0.1, -0.05) is 25.9 Å². The molecule has 3 amide bonds. The zero-order chi connectivity index (χ0) is 37.9. The summed E-state index contributed by atoms with van der Waals surface area (Å²) in [5, 5.41) is 26.1. The summed E-state index contributed by atoms with van der Waals surface area (Å²) in [5.74, 6) is -2.94. The van der Waals surface area contributed by atoms with Crippen molar-refractivity contribution in [2.75, 3.05) is 19.0 Å². The molecule has 17 nitrogen and oxygen atoms in total. The van der Waals surface area contributed by atoms with Crippen LogP contribution in [0, 0.1) is 11.3 Å². The summed E-state index contributed by atoms with van der Waals surface area (Å²) in [6.07, 6.45) is -0.230. The lowest BCUT2D eigenvalue weighted by Crippen LogP contribution is -2.59. The van der Waals surface area contributed by atoms with Crippen molar-refractivity contribution in [3.8, 4) is 17.1 Å². The summed E-state index contributed by atoms with van der Waals surface area (Å²) in [5.41, 5.74) is -1.36. The molecular weight excluding hydrogens is 718 g/mol. The predicted octanol–water partition coefficient (Wildman–Crippen LogP) is 2.03. The van der Waals surface area contributed by atoms with E-state index < -0.39 is 80.8 Å². The number of aromatic nitrogens is 6. The maximum atomic E-state index is 14.6. The molecule has 2 aliphatic heterocycles. The summed E-state index contributed by atoms with van der Waals surface area (Å²) in [4.78, 5) is 44.7. The van der Waals surface area contributed by atoms with Crippen LogP contribution >= 0.6 is 0 Å². The first kappa shape index (κ1) is 36.6. The molecule has 4 aliphatic rings. The van der Waals surface area contributed by atoms with Crippen LogP contribution in [-0.2, 0) is 37.2 Å². The molecule has 286 valence electrons. The fourth-order valence-corrected chi connectivity index (χ4v) is 8.43. The predicted molar refractivity (Wildman–Crippen MR) is 182 cm³/mol. The van der Waals surface area contributed by atoms with Crippen molar-refractivity contribution in [2.24, 2.45) is 11.3 Å². The lowest BCUT2D eigenvalue weighted by Gasteiger charge is -2.35. The highest BCUT2D eigenvalue weighted by Crippen LogP contribution is 2.48. The van der Waals surface area contributed by atoms with Gasteiger partial charge in [0.05, 0.1) is 24.3 Å². The Labute approximate surface area is 304 Å². The number of rotatable bonds is 7. The van der Waals surface area contributed by atoms with Gasteiger partial charge >= 0.3 is 6.01 Å². The van der Waals surface area contributed by atoms with Gasteiger partial charge in [0.2, 0.25) is 40.0 Å². The van der Waals surface area contributed by atoms with E-state index in [1.54, 1.807) is 13.2 Å². The minimum Gasteiger partial charge on any atom is -0.496 e. The number of halogens is 2. The number of nitrogens with one attached hydrogen (secondary N) is 3. The van der Waals surface area contributed by atoms with E-state index in [1.165, 1.54) is 9.70 Å². The Morgan fingerprint density at radius 3 is 2.57 bits per heavy atom. The molecule has 4 heterocycles. The Morgan fingerprint density at radius 1 is 1.13 bits per heavy atom. The highest BCUT2D eigenvalue weighted by Gasteiger charge is 2.67. The standard InChI is InChI=1S/C33H42F2N10O7S/c1-32(2,3)25-29(47)44-16-19(14-22(44)28(46)37-33(15-21(33)26(34)35)30(48)42-53(49,50)20-10-11-20)45-41-27(39-43-45)18-9-12-23(51-4)17(13-18)7-5-6-8-24-38-40-31(36-25)52-24/h9,12-13,19-22,25-26H,5-8,10-11,14-16H2,1-4H3,(H,36,40)(H,37,46)(H,42,48)/t19-,21+,22+,25-,33-/m1/s1. The number of ether oxygens (including phenoxy) is 1. The first-order valence-corrected chi connectivity index (χ1v) is 19.2. The third kappa shape index (κ3) is 7.28. The minimum atomic E-state index is -4.11.